The SMILES string of the molecule is O=C(Nc1nc2c(s1)CCC2)c1cccc(Br)n1. The summed E-state index contributed by atoms with van der Waals surface area (Å²) in [4.78, 5) is 21.8. The van der Waals surface area contributed by atoms with E-state index in [1.54, 1.807) is 29.5 Å². The molecular formula is C12H10BrN3OS. The van der Waals surface area contributed by atoms with Gasteiger partial charge in [0.1, 0.15) is 10.3 Å². The van der Waals surface area contributed by atoms with Gasteiger partial charge in [0.2, 0.25) is 0 Å². The minimum absolute atomic E-state index is 0.219. The van der Waals surface area contributed by atoms with Gasteiger partial charge in [-0.3, -0.25) is 10.1 Å². The van der Waals surface area contributed by atoms with Crippen LogP contribution < -0.4 is 5.32 Å². The highest BCUT2D eigenvalue weighted by Crippen LogP contribution is 2.30. The Labute approximate surface area is 117 Å². The summed E-state index contributed by atoms with van der Waals surface area (Å²) in [6.07, 6.45) is 3.28. The number of carbonyl (C=O) groups is 1. The van der Waals surface area contributed by atoms with Gasteiger partial charge in [0.05, 0.1) is 5.69 Å². The first-order valence-corrected chi connectivity index (χ1v) is 7.26. The molecule has 6 heteroatoms. The van der Waals surface area contributed by atoms with Crippen LogP contribution in [-0.2, 0) is 12.8 Å². The molecule has 0 fully saturated rings. The molecule has 0 spiro atoms. The number of pyridine rings is 1. The van der Waals surface area contributed by atoms with Crippen LogP contribution in [0.15, 0.2) is 22.8 Å². The number of hydrogen-bond donors (Lipinski definition) is 1. The first-order valence-electron chi connectivity index (χ1n) is 5.65. The maximum atomic E-state index is 12.0. The smallest absolute Gasteiger partial charge is 0.276 e. The van der Waals surface area contributed by atoms with Crippen LogP contribution in [0.4, 0.5) is 5.13 Å². The molecule has 3 rings (SSSR count). The van der Waals surface area contributed by atoms with E-state index in [0.717, 1.165) is 18.5 Å². The fourth-order valence-electron chi connectivity index (χ4n) is 1.94. The fraction of sp³-hybridized carbons (Fsp3) is 0.250. The van der Waals surface area contributed by atoms with Gasteiger partial charge in [-0.2, -0.15) is 0 Å². The van der Waals surface area contributed by atoms with Crippen LogP contribution in [-0.4, -0.2) is 15.9 Å². The van der Waals surface area contributed by atoms with E-state index in [9.17, 15) is 4.79 Å². The first-order chi connectivity index (χ1) is 8.72. The van der Waals surface area contributed by atoms with Crippen molar-refractivity contribution < 1.29 is 4.79 Å². The molecule has 2 aromatic heterocycles. The second-order valence-corrected chi connectivity index (χ2v) is 5.94. The summed E-state index contributed by atoms with van der Waals surface area (Å²) in [6.45, 7) is 0. The second kappa shape index (κ2) is 4.78. The number of thiazole rings is 1. The van der Waals surface area contributed by atoms with Gasteiger partial charge in [-0.15, -0.1) is 11.3 Å². The van der Waals surface area contributed by atoms with Crippen LogP contribution in [0, 0.1) is 0 Å². The molecule has 0 radical (unpaired) electrons. The van der Waals surface area contributed by atoms with Gasteiger partial charge in [-0.25, -0.2) is 9.97 Å². The Hall–Kier alpha value is -1.27. The van der Waals surface area contributed by atoms with Crippen molar-refractivity contribution in [2.75, 3.05) is 5.32 Å². The van der Waals surface area contributed by atoms with Gasteiger partial charge in [-0.1, -0.05) is 6.07 Å². The third-order valence-corrected chi connectivity index (χ3v) is 4.28. The molecule has 0 saturated carbocycles. The monoisotopic (exact) mass is 323 g/mol. The summed E-state index contributed by atoms with van der Waals surface area (Å²) in [5, 5.41) is 3.47. The third-order valence-electron chi connectivity index (χ3n) is 2.76. The lowest BCUT2D eigenvalue weighted by Crippen LogP contribution is -2.13. The van der Waals surface area contributed by atoms with Gasteiger partial charge in [-0.05, 0) is 47.3 Å². The van der Waals surface area contributed by atoms with Crippen LogP contribution in [0.2, 0.25) is 0 Å². The van der Waals surface area contributed by atoms with Crippen molar-refractivity contribution in [3.8, 4) is 0 Å². The second-order valence-electron chi connectivity index (χ2n) is 4.04. The van der Waals surface area contributed by atoms with Crippen LogP contribution in [0.25, 0.3) is 0 Å². The molecule has 0 aromatic carbocycles. The fourth-order valence-corrected chi connectivity index (χ4v) is 3.33. The molecule has 1 amide bonds. The number of anilines is 1. The zero-order valence-corrected chi connectivity index (χ0v) is 11.8. The number of aromatic nitrogens is 2. The Kier molecular flexibility index (Phi) is 3.13. The zero-order valence-electron chi connectivity index (χ0n) is 9.44. The molecule has 0 atom stereocenters. The summed E-state index contributed by atoms with van der Waals surface area (Å²) in [7, 11) is 0. The molecule has 1 aliphatic rings. The highest BCUT2D eigenvalue weighted by molar-refractivity contribution is 9.10. The molecule has 1 aliphatic carbocycles. The van der Waals surface area contributed by atoms with E-state index in [0.29, 0.717) is 15.4 Å². The number of aryl methyl sites for hydroxylation is 2. The summed E-state index contributed by atoms with van der Waals surface area (Å²) >= 11 is 4.81. The van der Waals surface area contributed by atoms with Crippen LogP contribution in [0.5, 0.6) is 0 Å². The Balaban J connectivity index is 1.78. The highest BCUT2D eigenvalue weighted by atomic mass is 79.9. The Morgan fingerprint density at radius 2 is 2.22 bits per heavy atom. The van der Waals surface area contributed by atoms with E-state index < -0.39 is 0 Å². The number of amides is 1. The van der Waals surface area contributed by atoms with Crippen molar-refractivity contribution in [1.29, 1.82) is 0 Å². The Bertz CT molecular complexity index is 590. The lowest BCUT2D eigenvalue weighted by molar-refractivity contribution is 0.102. The van der Waals surface area contributed by atoms with Gasteiger partial charge in [0, 0.05) is 4.88 Å². The van der Waals surface area contributed by atoms with Gasteiger partial charge in [0.15, 0.2) is 5.13 Å². The minimum Gasteiger partial charge on any atom is -0.296 e. The molecule has 4 nitrogen and oxygen atoms in total. The Morgan fingerprint density at radius 3 is 3.00 bits per heavy atom. The van der Waals surface area contributed by atoms with Gasteiger partial charge >= 0.3 is 0 Å². The van der Waals surface area contributed by atoms with Crippen molar-refractivity contribution in [3.05, 3.63) is 39.1 Å². The molecular weight excluding hydrogens is 314 g/mol. The number of nitrogens with one attached hydrogen (secondary N) is 1. The van der Waals surface area contributed by atoms with Crippen molar-refractivity contribution in [2.24, 2.45) is 0 Å². The summed E-state index contributed by atoms with van der Waals surface area (Å²) < 4.78 is 0.650. The van der Waals surface area contributed by atoms with E-state index in [4.69, 9.17) is 0 Å². The molecule has 0 unspecified atom stereocenters. The first kappa shape index (κ1) is 11.8. The standard InChI is InChI=1S/C12H10BrN3OS/c13-10-6-2-4-8(14-10)11(17)16-12-15-7-3-1-5-9(7)18-12/h2,4,6H,1,3,5H2,(H,15,16,17). The van der Waals surface area contributed by atoms with E-state index in [1.807, 2.05) is 0 Å². The van der Waals surface area contributed by atoms with Crippen LogP contribution in [0.3, 0.4) is 0 Å². The average molecular weight is 324 g/mol. The average Bonchev–Trinajstić information content (AvgIpc) is 2.89. The summed E-state index contributed by atoms with van der Waals surface area (Å²) in [5.41, 5.74) is 1.53. The number of halogens is 1. The molecule has 0 saturated heterocycles. The molecule has 18 heavy (non-hydrogen) atoms. The largest absolute Gasteiger partial charge is 0.296 e. The molecule has 92 valence electrons. The topological polar surface area (TPSA) is 54.9 Å². The lowest BCUT2D eigenvalue weighted by Gasteiger charge is -2.01. The van der Waals surface area contributed by atoms with Crippen molar-refractivity contribution in [3.63, 3.8) is 0 Å². The molecule has 0 bridgehead atoms. The summed E-state index contributed by atoms with van der Waals surface area (Å²) in [5.74, 6) is -0.219. The summed E-state index contributed by atoms with van der Waals surface area (Å²) in [6, 6.07) is 5.25. The van der Waals surface area contributed by atoms with Crippen molar-refractivity contribution >= 4 is 38.3 Å². The van der Waals surface area contributed by atoms with E-state index in [2.05, 4.69) is 31.2 Å². The normalized spacial score (nSPS) is 13.4. The predicted molar refractivity (Wildman–Crippen MR) is 74.0 cm³/mol. The molecule has 2 aromatic rings. The van der Waals surface area contributed by atoms with Crippen molar-refractivity contribution in [2.45, 2.75) is 19.3 Å². The van der Waals surface area contributed by atoms with Crippen LogP contribution >= 0.6 is 27.3 Å². The van der Waals surface area contributed by atoms with Crippen molar-refractivity contribution in [1.82, 2.24) is 9.97 Å². The van der Waals surface area contributed by atoms with E-state index in [1.165, 1.54) is 11.3 Å². The van der Waals surface area contributed by atoms with Crippen LogP contribution in [0.1, 0.15) is 27.5 Å². The van der Waals surface area contributed by atoms with E-state index >= 15 is 0 Å². The lowest BCUT2D eigenvalue weighted by atomic mass is 10.3. The third kappa shape index (κ3) is 2.30. The number of nitrogens with zero attached hydrogens (tertiary/aromatic N) is 2. The van der Waals surface area contributed by atoms with Gasteiger partial charge in [0.25, 0.3) is 5.91 Å². The van der Waals surface area contributed by atoms with E-state index in [-0.39, 0.29) is 5.91 Å². The predicted octanol–water partition coefficient (Wildman–Crippen LogP) is 3.04. The maximum absolute atomic E-state index is 12.0. The zero-order chi connectivity index (χ0) is 12.5. The number of rotatable bonds is 2. The number of hydrogen-bond acceptors (Lipinski definition) is 4. The maximum Gasteiger partial charge on any atom is 0.276 e. The number of fused-ring (bicyclic) bond motifs is 1. The van der Waals surface area contributed by atoms with Gasteiger partial charge < -0.3 is 0 Å². The molecule has 0 aliphatic heterocycles. The molecule has 2 heterocycles. The quantitative estimate of drug-likeness (QED) is 0.864. The highest BCUT2D eigenvalue weighted by Gasteiger charge is 2.18. The molecule has 1 N–H and O–H groups in total. The minimum atomic E-state index is -0.219. The number of carbonyl (C=O) groups excluding carboxylic acids is 1. The Morgan fingerprint density at radius 1 is 1.33 bits per heavy atom.